The number of aromatic nitrogens is 1. The van der Waals surface area contributed by atoms with E-state index in [0.717, 1.165) is 53.4 Å². The predicted octanol–water partition coefficient (Wildman–Crippen LogP) is 12.5. The van der Waals surface area contributed by atoms with E-state index in [9.17, 15) is 5.26 Å². The van der Waals surface area contributed by atoms with E-state index < -0.39 is 0 Å². The van der Waals surface area contributed by atoms with Crippen LogP contribution in [0, 0.1) is 22.2 Å². The number of fused-ring (bicyclic) bond motifs is 1. The molecule has 0 atom stereocenters. The molecule has 0 unspecified atom stereocenters. The summed E-state index contributed by atoms with van der Waals surface area (Å²) in [6.07, 6.45) is 13.5. The zero-order chi connectivity index (χ0) is 38.2. The van der Waals surface area contributed by atoms with Gasteiger partial charge in [-0.05, 0) is 147 Å². The van der Waals surface area contributed by atoms with Crippen LogP contribution < -0.4 is 9.80 Å². The van der Waals surface area contributed by atoms with E-state index in [2.05, 4.69) is 181 Å². The summed E-state index contributed by atoms with van der Waals surface area (Å²) in [6, 6.07) is 37.0. The molecule has 0 N–H and O–H groups in total. The Labute approximate surface area is 322 Å². The van der Waals surface area contributed by atoms with E-state index in [1.165, 1.54) is 50.4 Å². The Morgan fingerprint density at radius 2 is 1.09 bits per heavy atom. The smallest absolute Gasteiger partial charge is 0.0991 e. The van der Waals surface area contributed by atoms with Crippen molar-refractivity contribution < 1.29 is 0 Å². The quantitative estimate of drug-likeness (QED) is 0.169. The van der Waals surface area contributed by atoms with Crippen LogP contribution in [0.25, 0.3) is 45.3 Å². The van der Waals surface area contributed by atoms with Gasteiger partial charge in [0.15, 0.2) is 0 Å². The Bertz CT molecular complexity index is 2360. The van der Waals surface area contributed by atoms with E-state index in [-0.39, 0.29) is 10.8 Å². The highest BCUT2D eigenvalue weighted by molar-refractivity contribution is 5.97. The van der Waals surface area contributed by atoms with Crippen LogP contribution in [0.2, 0.25) is 0 Å². The number of anilines is 2. The van der Waals surface area contributed by atoms with Crippen LogP contribution in [0.1, 0.15) is 81.3 Å². The zero-order valence-electron chi connectivity index (χ0n) is 33.2. The topological polar surface area (TPSA) is 43.2 Å². The molecule has 2 aliphatic carbocycles. The third kappa shape index (κ3) is 8.27. The molecule has 0 amide bonds. The van der Waals surface area contributed by atoms with Crippen LogP contribution in [-0.2, 0) is 0 Å². The van der Waals surface area contributed by atoms with Gasteiger partial charge in [0.2, 0.25) is 0 Å². The van der Waals surface area contributed by atoms with Gasteiger partial charge in [-0.15, -0.1) is 0 Å². The highest BCUT2D eigenvalue weighted by Crippen LogP contribution is 2.44. The van der Waals surface area contributed by atoms with Gasteiger partial charge in [0.05, 0.1) is 22.8 Å². The number of nitrogens with zero attached hydrogens (tertiary/aromatic N) is 4. The Morgan fingerprint density at radius 3 is 1.59 bits per heavy atom. The van der Waals surface area contributed by atoms with E-state index >= 15 is 0 Å². The number of pyridine rings is 1. The summed E-state index contributed by atoms with van der Waals surface area (Å²) in [4.78, 5) is 9.53. The van der Waals surface area contributed by atoms with Crippen molar-refractivity contribution in [3.8, 4) is 17.2 Å². The molecule has 0 bridgehead atoms. The normalized spacial score (nSPS) is 17.9. The van der Waals surface area contributed by atoms with E-state index in [1.54, 1.807) is 0 Å². The number of rotatable bonds is 7. The first kappa shape index (κ1) is 36.7. The molecule has 272 valence electrons. The molecule has 0 spiro atoms. The van der Waals surface area contributed by atoms with Gasteiger partial charge in [-0.2, -0.15) is 5.26 Å². The molecule has 0 saturated heterocycles. The van der Waals surface area contributed by atoms with Crippen LogP contribution in [-0.4, -0.2) is 33.2 Å². The van der Waals surface area contributed by atoms with Gasteiger partial charge in [0.1, 0.15) is 0 Å². The average molecular weight is 709 g/mol. The number of hydrogen-bond donors (Lipinski definition) is 0. The van der Waals surface area contributed by atoms with E-state index in [1.807, 2.05) is 12.1 Å². The van der Waals surface area contributed by atoms with Crippen molar-refractivity contribution in [1.29, 1.82) is 5.26 Å². The zero-order valence-corrected chi connectivity index (χ0v) is 33.2. The highest BCUT2D eigenvalue weighted by Gasteiger charge is 2.28. The first-order valence-corrected chi connectivity index (χ1v) is 19.1. The van der Waals surface area contributed by atoms with Crippen molar-refractivity contribution >= 4 is 45.6 Å². The van der Waals surface area contributed by atoms with Gasteiger partial charge >= 0.3 is 0 Å². The molecule has 1 aromatic heterocycles. The van der Waals surface area contributed by atoms with Crippen molar-refractivity contribution in [3.05, 3.63) is 148 Å². The first-order valence-electron chi connectivity index (χ1n) is 19.1. The predicted molar refractivity (Wildman–Crippen MR) is 231 cm³/mol. The van der Waals surface area contributed by atoms with Crippen molar-refractivity contribution in [3.63, 3.8) is 0 Å². The molecule has 1 heterocycles. The van der Waals surface area contributed by atoms with Gasteiger partial charge in [-0.3, -0.25) is 0 Å². The van der Waals surface area contributed by atoms with Crippen molar-refractivity contribution in [2.75, 3.05) is 38.0 Å². The lowest BCUT2D eigenvalue weighted by atomic mass is 9.73. The average Bonchev–Trinajstić information content (AvgIpc) is 3.13. The van der Waals surface area contributed by atoms with Gasteiger partial charge < -0.3 is 9.80 Å². The molecule has 7 rings (SSSR count). The lowest BCUT2D eigenvalue weighted by Crippen LogP contribution is -2.17. The molecular weight excluding hydrogens is 657 g/mol. The second-order valence-corrected chi connectivity index (χ2v) is 17.3. The lowest BCUT2D eigenvalue weighted by Gasteiger charge is -2.32. The van der Waals surface area contributed by atoms with E-state index in [4.69, 9.17) is 4.98 Å². The second-order valence-electron chi connectivity index (χ2n) is 17.3. The Kier molecular flexibility index (Phi) is 9.94. The summed E-state index contributed by atoms with van der Waals surface area (Å²) in [5.41, 5.74) is 16.6. The monoisotopic (exact) mass is 708 g/mol. The minimum absolute atomic E-state index is 0.128. The van der Waals surface area contributed by atoms with Crippen LogP contribution in [0.15, 0.2) is 120 Å². The summed E-state index contributed by atoms with van der Waals surface area (Å²) in [5.74, 6) is 0. The number of hydrogen-bond acceptors (Lipinski definition) is 4. The Hall–Kier alpha value is -5.66. The van der Waals surface area contributed by atoms with E-state index in [0.29, 0.717) is 5.56 Å². The third-order valence-corrected chi connectivity index (χ3v) is 10.8. The second kappa shape index (κ2) is 14.6. The lowest BCUT2D eigenvalue weighted by molar-refractivity contribution is 0.370. The maximum absolute atomic E-state index is 9.55. The van der Waals surface area contributed by atoms with Gasteiger partial charge in [0.25, 0.3) is 0 Å². The standard InChI is InChI=1S/C50H52N4/c1-49(2)29-36(24-41(31-49)38-14-18-44(19-15-38)53(5)6)23-35-11-22-48-47(27-35)46(40-12-9-34(33-51)10-13-40)28-43(52-48)26-37-25-42(32-50(3,4)30-37)39-16-20-45(21-17-39)54(7)8/h9-28H,29-32H2,1-8H3/b36-23-,37-26-. The molecule has 2 aliphatic rings. The molecule has 4 heteroatoms. The Balaban J connectivity index is 1.30. The number of allylic oxidation sites excluding steroid dienone is 6. The summed E-state index contributed by atoms with van der Waals surface area (Å²) in [5, 5.41) is 10.7. The molecule has 54 heavy (non-hydrogen) atoms. The molecule has 0 fully saturated rings. The molecule has 4 aromatic carbocycles. The largest absolute Gasteiger partial charge is 0.378 e. The van der Waals surface area contributed by atoms with Crippen LogP contribution in [0.3, 0.4) is 0 Å². The highest BCUT2D eigenvalue weighted by atomic mass is 15.1. The Morgan fingerprint density at radius 1 is 0.593 bits per heavy atom. The minimum Gasteiger partial charge on any atom is -0.378 e. The molecule has 0 radical (unpaired) electrons. The fraction of sp³-hybridized carbons (Fsp3) is 0.280. The fourth-order valence-corrected chi connectivity index (χ4v) is 8.21. The fourth-order valence-electron chi connectivity index (χ4n) is 8.21. The van der Waals surface area contributed by atoms with Crippen molar-refractivity contribution in [2.24, 2.45) is 10.8 Å². The molecule has 5 aromatic rings. The van der Waals surface area contributed by atoms with Crippen LogP contribution in [0.5, 0.6) is 0 Å². The maximum Gasteiger partial charge on any atom is 0.0991 e. The number of benzene rings is 4. The molecular formula is C50H52N4. The van der Waals surface area contributed by atoms with Crippen molar-refractivity contribution in [2.45, 2.75) is 53.4 Å². The van der Waals surface area contributed by atoms with Crippen LogP contribution in [0.4, 0.5) is 11.4 Å². The van der Waals surface area contributed by atoms with Gasteiger partial charge in [0, 0.05) is 45.0 Å². The van der Waals surface area contributed by atoms with Gasteiger partial charge in [-0.25, -0.2) is 4.98 Å². The molecule has 4 nitrogen and oxygen atoms in total. The van der Waals surface area contributed by atoms with Crippen molar-refractivity contribution in [1.82, 2.24) is 4.98 Å². The summed E-state index contributed by atoms with van der Waals surface area (Å²) in [7, 11) is 8.33. The molecule has 0 saturated carbocycles. The third-order valence-electron chi connectivity index (χ3n) is 10.8. The minimum atomic E-state index is 0.128. The summed E-state index contributed by atoms with van der Waals surface area (Å²) in [6.45, 7) is 9.47. The van der Waals surface area contributed by atoms with Gasteiger partial charge in [-0.1, -0.05) is 88.4 Å². The molecule has 0 aliphatic heterocycles. The maximum atomic E-state index is 9.55. The SMILES string of the molecule is CN(C)c1ccc(C2=C/C(=C/c3ccc4nc(/C=C5/C=C(c6ccc(N(C)C)cc6)CC(C)(C)C5)cc(-c5ccc(C#N)cc5)c4c3)CC(C)(C)C2)cc1. The summed E-state index contributed by atoms with van der Waals surface area (Å²) >= 11 is 0. The number of nitriles is 1. The van der Waals surface area contributed by atoms with Crippen LogP contribution >= 0.6 is 0 Å². The summed E-state index contributed by atoms with van der Waals surface area (Å²) < 4.78 is 0. The first-order chi connectivity index (χ1) is 25.7.